The van der Waals surface area contributed by atoms with E-state index in [0.29, 0.717) is 17.1 Å². The summed E-state index contributed by atoms with van der Waals surface area (Å²) in [6.07, 6.45) is 1.75. The molecule has 0 aliphatic rings. The molecule has 2 aromatic heterocycles. The third kappa shape index (κ3) is 3.33. The number of rotatable bonds is 6. The van der Waals surface area contributed by atoms with E-state index < -0.39 is 0 Å². The van der Waals surface area contributed by atoms with Crippen LogP contribution in [0.3, 0.4) is 0 Å². The summed E-state index contributed by atoms with van der Waals surface area (Å²) in [7, 11) is 0. The van der Waals surface area contributed by atoms with E-state index in [1.54, 1.807) is 6.20 Å². The molecule has 0 aliphatic heterocycles. The lowest BCUT2D eigenvalue weighted by atomic mass is 10.2. The number of aromatic nitrogens is 1. The number of carbonyl (C=O) groups excluding carboxylic acids is 1. The molecular weight excluding hydrogens is 284 g/mol. The second-order valence-electron chi connectivity index (χ2n) is 4.94. The predicted octanol–water partition coefficient (Wildman–Crippen LogP) is 2.26. The number of nitrogens with one attached hydrogen (secondary N) is 1. The van der Waals surface area contributed by atoms with Crippen LogP contribution in [-0.4, -0.2) is 42.0 Å². The molecule has 114 valence electrons. The molecule has 2 heterocycles. The molecular formula is C15H22N4OS. The maximum atomic E-state index is 12.3. The summed E-state index contributed by atoms with van der Waals surface area (Å²) < 4.78 is 0. The molecule has 0 saturated carbocycles. The molecule has 0 radical (unpaired) electrons. The molecule has 0 unspecified atom stereocenters. The Bertz CT molecular complexity index is 634. The molecule has 0 atom stereocenters. The van der Waals surface area contributed by atoms with Crippen molar-refractivity contribution in [3.63, 3.8) is 0 Å². The fraction of sp³-hybridized carbons (Fsp3) is 0.467. The lowest BCUT2D eigenvalue weighted by Crippen LogP contribution is -2.34. The maximum Gasteiger partial charge on any atom is 0.263 e. The van der Waals surface area contributed by atoms with Gasteiger partial charge in [0.05, 0.1) is 5.69 Å². The highest BCUT2D eigenvalue weighted by Crippen LogP contribution is 2.34. The summed E-state index contributed by atoms with van der Waals surface area (Å²) in [4.78, 5) is 20.2. The van der Waals surface area contributed by atoms with Crippen molar-refractivity contribution in [2.75, 3.05) is 31.9 Å². The molecule has 0 fully saturated rings. The van der Waals surface area contributed by atoms with E-state index in [4.69, 9.17) is 5.73 Å². The molecule has 0 spiro atoms. The minimum Gasteiger partial charge on any atom is -0.397 e. The fourth-order valence-corrected chi connectivity index (χ4v) is 3.38. The second-order valence-corrected chi connectivity index (χ2v) is 5.93. The predicted molar refractivity (Wildman–Crippen MR) is 88.9 cm³/mol. The van der Waals surface area contributed by atoms with Crippen molar-refractivity contribution < 1.29 is 4.79 Å². The van der Waals surface area contributed by atoms with Gasteiger partial charge in [-0.2, -0.15) is 0 Å². The summed E-state index contributed by atoms with van der Waals surface area (Å²) >= 11 is 1.35. The Morgan fingerprint density at radius 1 is 1.43 bits per heavy atom. The Labute approximate surface area is 129 Å². The first-order chi connectivity index (χ1) is 10.1. The average Bonchev–Trinajstić information content (AvgIpc) is 2.82. The van der Waals surface area contributed by atoms with Crippen molar-refractivity contribution >= 4 is 33.1 Å². The van der Waals surface area contributed by atoms with Gasteiger partial charge in [0.2, 0.25) is 0 Å². The smallest absolute Gasteiger partial charge is 0.263 e. The minimum absolute atomic E-state index is 0.109. The highest BCUT2D eigenvalue weighted by Gasteiger charge is 2.18. The van der Waals surface area contributed by atoms with Crippen LogP contribution < -0.4 is 11.1 Å². The first-order valence-electron chi connectivity index (χ1n) is 7.22. The van der Waals surface area contributed by atoms with Crippen LogP contribution in [0.4, 0.5) is 5.69 Å². The summed E-state index contributed by atoms with van der Waals surface area (Å²) in [5.74, 6) is -0.109. The number of hydrogen-bond donors (Lipinski definition) is 2. The summed E-state index contributed by atoms with van der Waals surface area (Å²) in [6.45, 7) is 9.66. The highest BCUT2D eigenvalue weighted by molar-refractivity contribution is 7.21. The Morgan fingerprint density at radius 2 is 2.14 bits per heavy atom. The van der Waals surface area contributed by atoms with Gasteiger partial charge in [-0.1, -0.05) is 13.8 Å². The van der Waals surface area contributed by atoms with E-state index in [0.717, 1.165) is 35.4 Å². The van der Waals surface area contributed by atoms with Crippen LogP contribution in [0.1, 0.15) is 29.1 Å². The monoisotopic (exact) mass is 306 g/mol. The normalized spacial score (nSPS) is 11.2. The number of nitrogens with two attached hydrogens (primary N) is 1. The number of likely N-dealkylation sites (N-methyl/N-ethyl adjacent to an activating group) is 1. The van der Waals surface area contributed by atoms with Crippen LogP contribution in [0.2, 0.25) is 0 Å². The van der Waals surface area contributed by atoms with E-state index >= 15 is 0 Å². The van der Waals surface area contributed by atoms with Gasteiger partial charge < -0.3 is 16.0 Å². The Morgan fingerprint density at radius 3 is 2.76 bits per heavy atom. The molecule has 2 aromatic rings. The lowest BCUT2D eigenvalue weighted by Gasteiger charge is -2.17. The molecule has 0 saturated heterocycles. The van der Waals surface area contributed by atoms with Gasteiger partial charge >= 0.3 is 0 Å². The molecule has 2 rings (SSSR count). The van der Waals surface area contributed by atoms with Crippen molar-refractivity contribution in [2.45, 2.75) is 20.8 Å². The zero-order valence-electron chi connectivity index (χ0n) is 12.8. The van der Waals surface area contributed by atoms with Crippen LogP contribution >= 0.6 is 11.3 Å². The van der Waals surface area contributed by atoms with Crippen LogP contribution in [0.25, 0.3) is 10.2 Å². The molecule has 21 heavy (non-hydrogen) atoms. The molecule has 0 aromatic carbocycles. The topological polar surface area (TPSA) is 71.2 Å². The number of carbonyl (C=O) groups is 1. The number of amides is 1. The Kier molecular flexibility index (Phi) is 5.14. The van der Waals surface area contributed by atoms with Gasteiger partial charge in [-0.25, -0.2) is 4.98 Å². The minimum atomic E-state index is -0.109. The Balaban J connectivity index is 2.10. The van der Waals surface area contributed by atoms with Crippen LogP contribution in [0, 0.1) is 6.92 Å². The van der Waals surface area contributed by atoms with Crippen molar-refractivity contribution in [2.24, 2.45) is 0 Å². The molecule has 0 bridgehead atoms. The number of anilines is 1. The van der Waals surface area contributed by atoms with Crippen molar-refractivity contribution in [1.29, 1.82) is 0 Å². The number of thiophene rings is 1. The molecule has 1 amide bonds. The van der Waals surface area contributed by atoms with Gasteiger partial charge in [0, 0.05) is 24.7 Å². The molecule has 3 N–H and O–H groups in total. The Hall–Kier alpha value is -1.66. The van der Waals surface area contributed by atoms with E-state index in [-0.39, 0.29) is 5.91 Å². The maximum absolute atomic E-state index is 12.3. The summed E-state index contributed by atoms with van der Waals surface area (Å²) in [5.41, 5.74) is 7.72. The van der Waals surface area contributed by atoms with Gasteiger partial charge in [0.1, 0.15) is 9.71 Å². The van der Waals surface area contributed by atoms with Gasteiger partial charge in [-0.15, -0.1) is 11.3 Å². The average molecular weight is 306 g/mol. The van der Waals surface area contributed by atoms with Crippen molar-refractivity contribution in [1.82, 2.24) is 15.2 Å². The SMILES string of the molecule is CCN(CC)CCNC(=O)c1sc2nccc(C)c2c1N. The van der Waals surface area contributed by atoms with Crippen molar-refractivity contribution in [3.05, 3.63) is 22.7 Å². The zero-order chi connectivity index (χ0) is 15.4. The third-order valence-electron chi connectivity index (χ3n) is 3.65. The quantitative estimate of drug-likeness (QED) is 0.859. The largest absolute Gasteiger partial charge is 0.397 e. The number of fused-ring (bicyclic) bond motifs is 1. The van der Waals surface area contributed by atoms with E-state index in [9.17, 15) is 4.79 Å². The van der Waals surface area contributed by atoms with Crippen LogP contribution in [0.15, 0.2) is 12.3 Å². The highest BCUT2D eigenvalue weighted by atomic mass is 32.1. The van der Waals surface area contributed by atoms with E-state index in [2.05, 4.69) is 29.0 Å². The number of nitrogens with zero attached hydrogens (tertiary/aromatic N) is 2. The third-order valence-corrected chi connectivity index (χ3v) is 4.76. The van der Waals surface area contributed by atoms with Gasteiger partial charge in [-0.05, 0) is 31.6 Å². The molecule has 5 nitrogen and oxygen atoms in total. The van der Waals surface area contributed by atoms with Crippen LogP contribution in [0.5, 0.6) is 0 Å². The van der Waals surface area contributed by atoms with E-state index in [1.165, 1.54) is 11.3 Å². The zero-order valence-corrected chi connectivity index (χ0v) is 13.6. The van der Waals surface area contributed by atoms with Gasteiger partial charge in [0.15, 0.2) is 0 Å². The van der Waals surface area contributed by atoms with Gasteiger partial charge in [0.25, 0.3) is 5.91 Å². The van der Waals surface area contributed by atoms with Crippen molar-refractivity contribution in [3.8, 4) is 0 Å². The number of hydrogen-bond acceptors (Lipinski definition) is 5. The summed E-state index contributed by atoms with van der Waals surface area (Å²) in [6, 6.07) is 1.91. The number of pyridine rings is 1. The number of nitrogen functional groups attached to an aromatic ring is 1. The fourth-order valence-electron chi connectivity index (χ4n) is 2.32. The van der Waals surface area contributed by atoms with E-state index in [1.807, 2.05) is 13.0 Å². The first-order valence-corrected chi connectivity index (χ1v) is 8.04. The standard InChI is InChI=1S/C15H22N4OS/c1-4-19(5-2)9-8-17-14(20)13-12(16)11-10(3)6-7-18-15(11)21-13/h6-7H,4-5,8-9,16H2,1-3H3,(H,17,20). The second kappa shape index (κ2) is 6.87. The molecule has 0 aliphatic carbocycles. The van der Waals surface area contributed by atoms with Gasteiger partial charge in [-0.3, -0.25) is 4.79 Å². The lowest BCUT2D eigenvalue weighted by molar-refractivity contribution is 0.0954. The number of aryl methyl sites for hydroxylation is 1. The molecule has 6 heteroatoms. The first kappa shape index (κ1) is 15.7. The van der Waals surface area contributed by atoms with Crippen LogP contribution in [-0.2, 0) is 0 Å². The summed E-state index contributed by atoms with van der Waals surface area (Å²) in [5, 5.41) is 3.84.